The highest BCUT2D eigenvalue weighted by atomic mass is 32.2. The third kappa shape index (κ3) is 3.70. The molecule has 6 heteroatoms. The Balaban J connectivity index is 1.48. The fraction of sp³-hybridized carbons (Fsp3) is 0.273. The number of thioether (sulfide) groups is 1. The van der Waals surface area contributed by atoms with Gasteiger partial charge in [0.1, 0.15) is 12.4 Å². The molecule has 4 rings (SSSR count). The van der Waals surface area contributed by atoms with Crippen molar-refractivity contribution >= 4 is 28.3 Å². The Labute approximate surface area is 168 Å². The van der Waals surface area contributed by atoms with Crippen LogP contribution in [0.1, 0.15) is 16.7 Å². The van der Waals surface area contributed by atoms with Crippen molar-refractivity contribution in [3.8, 4) is 5.75 Å². The van der Waals surface area contributed by atoms with Crippen LogP contribution in [0.4, 0.5) is 0 Å². The monoisotopic (exact) mass is 393 g/mol. The summed E-state index contributed by atoms with van der Waals surface area (Å²) in [6.45, 7) is 6.36. The molecular formula is C22H23N3O2S. The maximum absolute atomic E-state index is 10.4. The molecule has 28 heavy (non-hydrogen) atoms. The fourth-order valence-corrected chi connectivity index (χ4v) is 4.09. The lowest BCUT2D eigenvalue weighted by Crippen LogP contribution is -2.20. The van der Waals surface area contributed by atoms with Gasteiger partial charge in [0.25, 0.3) is 0 Å². The van der Waals surface area contributed by atoms with Crippen LogP contribution in [0.25, 0.3) is 16.6 Å². The van der Waals surface area contributed by atoms with E-state index in [1.165, 1.54) is 22.7 Å². The summed E-state index contributed by atoms with van der Waals surface area (Å²) in [7, 11) is 0. The standard InChI is InChI=1S/C22H23N3O2S/c1-14-8-9-15(2)20(10-14)27-12-17(26)13-28-22-24-23-21-11-16(3)18-6-4-5-7-19(18)25(21)22/h4-11,17,26H,12-13H2,1-3H3. The van der Waals surface area contributed by atoms with Crippen molar-refractivity contribution in [2.24, 2.45) is 0 Å². The molecule has 0 bridgehead atoms. The van der Waals surface area contributed by atoms with Gasteiger partial charge in [-0.1, -0.05) is 42.1 Å². The normalized spacial score (nSPS) is 12.6. The first kappa shape index (κ1) is 18.8. The molecule has 0 saturated carbocycles. The summed E-state index contributed by atoms with van der Waals surface area (Å²) in [5.41, 5.74) is 5.28. The fourth-order valence-electron chi connectivity index (χ4n) is 3.24. The van der Waals surface area contributed by atoms with Gasteiger partial charge >= 0.3 is 0 Å². The first-order valence-corrected chi connectivity index (χ1v) is 10.3. The number of aryl methyl sites for hydroxylation is 3. The molecule has 0 spiro atoms. The van der Waals surface area contributed by atoms with Crippen molar-refractivity contribution in [3.63, 3.8) is 0 Å². The van der Waals surface area contributed by atoms with Crippen LogP contribution in [0.3, 0.4) is 0 Å². The summed E-state index contributed by atoms with van der Waals surface area (Å²) >= 11 is 1.49. The predicted octanol–water partition coefficient (Wildman–Crippen LogP) is 4.34. The van der Waals surface area contributed by atoms with Gasteiger partial charge in [0.05, 0.1) is 11.6 Å². The largest absolute Gasteiger partial charge is 0.491 e. The molecule has 144 valence electrons. The molecule has 0 radical (unpaired) electrons. The molecule has 1 unspecified atom stereocenters. The van der Waals surface area contributed by atoms with E-state index < -0.39 is 6.10 Å². The molecule has 1 atom stereocenters. The molecular weight excluding hydrogens is 370 g/mol. The van der Waals surface area contributed by atoms with Gasteiger partial charge in [0.2, 0.25) is 0 Å². The quantitative estimate of drug-likeness (QED) is 0.494. The van der Waals surface area contributed by atoms with Gasteiger partial charge in [0, 0.05) is 11.1 Å². The zero-order chi connectivity index (χ0) is 19.7. The Bertz CT molecular complexity index is 1140. The molecule has 4 aromatic rings. The van der Waals surface area contributed by atoms with Crippen LogP contribution in [-0.2, 0) is 0 Å². The molecule has 1 N–H and O–H groups in total. The van der Waals surface area contributed by atoms with Crippen LogP contribution in [0.15, 0.2) is 53.7 Å². The van der Waals surface area contributed by atoms with Crippen LogP contribution >= 0.6 is 11.8 Å². The van der Waals surface area contributed by atoms with Gasteiger partial charge in [-0.25, -0.2) is 0 Å². The summed E-state index contributed by atoms with van der Waals surface area (Å²) in [4.78, 5) is 0. The lowest BCUT2D eigenvalue weighted by Gasteiger charge is -2.14. The smallest absolute Gasteiger partial charge is 0.196 e. The van der Waals surface area contributed by atoms with Gasteiger partial charge in [-0.15, -0.1) is 10.2 Å². The molecule has 2 heterocycles. The summed E-state index contributed by atoms with van der Waals surface area (Å²) < 4.78 is 7.86. The van der Waals surface area contributed by atoms with E-state index in [4.69, 9.17) is 4.74 Å². The number of nitrogens with zero attached hydrogens (tertiary/aromatic N) is 3. The molecule has 0 amide bonds. The Morgan fingerprint density at radius 1 is 1.04 bits per heavy atom. The lowest BCUT2D eigenvalue weighted by atomic mass is 10.1. The van der Waals surface area contributed by atoms with Crippen molar-refractivity contribution in [2.45, 2.75) is 32.0 Å². The van der Waals surface area contributed by atoms with E-state index in [2.05, 4.69) is 35.3 Å². The number of para-hydroxylation sites is 1. The molecule has 5 nitrogen and oxygen atoms in total. The Hall–Kier alpha value is -2.57. The Kier molecular flexibility index (Phi) is 5.24. The second-order valence-electron chi connectivity index (χ2n) is 7.07. The number of hydrogen-bond acceptors (Lipinski definition) is 5. The van der Waals surface area contributed by atoms with E-state index >= 15 is 0 Å². The average molecular weight is 394 g/mol. The predicted molar refractivity (Wildman–Crippen MR) is 113 cm³/mol. The van der Waals surface area contributed by atoms with Crippen LogP contribution < -0.4 is 4.74 Å². The molecule has 2 aromatic carbocycles. The van der Waals surface area contributed by atoms with E-state index in [9.17, 15) is 5.11 Å². The number of hydrogen-bond donors (Lipinski definition) is 1. The summed E-state index contributed by atoms with van der Waals surface area (Å²) in [5, 5.41) is 21.0. The van der Waals surface area contributed by atoms with Gasteiger partial charge in [-0.3, -0.25) is 4.40 Å². The number of fused-ring (bicyclic) bond motifs is 3. The minimum Gasteiger partial charge on any atom is -0.491 e. The first-order valence-electron chi connectivity index (χ1n) is 9.27. The number of aromatic nitrogens is 3. The molecule has 0 saturated heterocycles. The van der Waals surface area contributed by atoms with Crippen molar-refractivity contribution in [2.75, 3.05) is 12.4 Å². The Morgan fingerprint density at radius 3 is 2.71 bits per heavy atom. The van der Waals surface area contributed by atoms with Gasteiger partial charge < -0.3 is 9.84 Å². The summed E-state index contributed by atoms with van der Waals surface area (Å²) in [6.07, 6.45) is -0.603. The zero-order valence-corrected chi connectivity index (χ0v) is 17.0. The van der Waals surface area contributed by atoms with Crippen molar-refractivity contribution < 1.29 is 9.84 Å². The minimum atomic E-state index is -0.603. The second kappa shape index (κ2) is 7.81. The topological polar surface area (TPSA) is 59.7 Å². The van der Waals surface area contributed by atoms with E-state index in [1.54, 1.807) is 0 Å². The van der Waals surface area contributed by atoms with E-state index in [0.29, 0.717) is 5.75 Å². The van der Waals surface area contributed by atoms with Crippen molar-refractivity contribution in [1.29, 1.82) is 0 Å². The number of rotatable bonds is 6. The van der Waals surface area contributed by atoms with Gasteiger partial charge in [0.15, 0.2) is 10.8 Å². The van der Waals surface area contributed by atoms with Gasteiger partial charge in [-0.2, -0.15) is 0 Å². The average Bonchev–Trinajstić information content (AvgIpc) is 3.10. The number of pyridine rings is 1. The number of ether oxygens (including phenoxy) is 1. The maximum atomic E-state index is 10.4. The number of benzene rings is 2. The van der Waals surface area contributed by atoms with E-state index in [1.807, 2.05) is 48.6 Å². The Morgan fingerprint density at radius 2 is 1.86 bits per heavy atom. The third-order valence-corrected chi connectivity index (χ3v) is 5.83. The number of aliphatic hydroxyl groups is 1. The highest BCUT2D eigenvalue weighted by Gasteiger charge is 2.14. The molecule has 0 aliphatic heterocycles. The third-order valence-electron chi connectivity index (χ3n) is 4.75. The molecule has 0 fully saturated rings. The maximum Gasteiger partial charge on any atom is 0.196 e. The molecule has 0 aliphatic carbocycles. The molecule has 0 aliphatic rings. The summed E-state index contributed by atoms with van der Waals surface area (Å²) in [6, 6.07) is 16.3. The van der Waals surface area contributed by atoms with Crippen molar-refractivity contribution in [3.05, 3.63) is 65.2 Å². The van der Waals surface area contributed by atoms with E-state index in [0.717, 1.165) is 33.2 Å². The summed E-state index contributed by atoms with van der Waals surface area (Å²) in [5.74, 6) is 1.30. The highest BCUT2D eigenvalue weighted by Crippen LogP contribution is 2.26. The van der Waals surface area contributed by atoms with Crippen LogP contribution in [-0.4, -0.2) is 38.2 Å². The van der Waals surface area contributed by atoms with Gasteiger partial charge in [-0.05, 0) is 55.7 Å². The van der Waals surface area contributed by atoms with Crippen LogP contribution in [0.2, 0.25) is 0 Å². The first-order chi connectivity index (χ1) is 13.5. The zero-order valence-electron chi connectivity index (χ0n) is 16.2. The van der Waals surface area contributed by atoms with Crippen LogP contribution in [0.5, 0.6) is 5.75 Å². The van der Waals surface area contributed by atoms with Crippen LogP contribution in [0, 0.1) is 20.8 Å². The van der Waals surface area contributed by atoms with Crippen molar-refractivity contribution in [1.82, 2.24) is 14.6 Å². The lowest BCUT2D eigenvalue weighted by molar-refractivity contribution is 0.126. The number of aliphatic hydroxyl groups excluding tert-OH is 1. The SMILES string of the molecule is Cc1ccc(C)c(OCC(O)CSc2nnc3cc(C)c4ccccc4n23)c1. The second-order valence-corrected chi connectivity index (χ2v) is 8.05. The highest BCUT2D eigenvalue weighted by molar-refractivity contribution is 7.99. The minimum absolute atomic E-state index is 0.244. The van der Waals surface area contributed by atoms with E-state index in [-0.39, 0.29) is 6.61 Å². The molecule has 2 aromatic heterocycles.